The van der Waals surface area contributed by atoms with Crippen LogP contribution in [0.1, 0.15) is 6.42 Å². The molecule has 6 nitrogen and oxygen atoms in total. The summed E-state index contributed by atoms with van der Waals surface area (Å²) in [5, 5.41) is 3.10. The highest BCUT2D eigenvalue weighted by molar-refractivity contribution is 5.86. The van der Waals surface area contributed by atoms with Crippen molar-refractivity contribution in [1.82, 2.24) is 15.1 Å². The zero-order valence-corrected chi connectivity index (χ0v) is 10.9. The van der Waals surface area contributed by atoms with Gasteiger partial charge in [0.2, 0.25) is 5.91 Å². The van der Waals surface area contributed by atoms with Crippen LogP contribution in [0.15, 0.2) is 0 Å². The number of likely N-dealkylation sites (N-methyl/N-ethyl adjacent to an activating group) is 2. The average Bonchev–Trinajstić information content (AvgIpc) is 2.71. The van der Waals surface area contributed by atoms with Gasteiger partial charge in [-0.3, -0.25) is 4.79 Å². The average molecular weight is 243 g/mol. The van der Waals surface area contributed by atoms with Gasteiger partial charge in [0, 0.05) is 12.6 Å². The number of carbonyl (C=O) groups is 2. The van der Waals surface area contributed by atoms with Crippen molar-refractivity contribution in [2.24, 2.45) is 0 Å². The molecule has 0 unspecified atom stereocenters. The van der Waals surface area contributed by atoms with Crippen LogP contribution in [0, 0.1) is 0 Å². The molecule has 2 atom stereocenters. The Bertz CT molecular complexity index is 294. The number of esters is 1. The molecule has 0 bridgehead atoms. The molecule has 6 heteroatoms. The first-order valence-corrected chi connectivity index (χ1v) is 5.68. The molecule has 98 valence electrons. The van der Waals surface area contributed by atoms with Crippen LogP contribution in [-0.2, 0) is 14.3 Å². The molecule has 1 aliphatic rings. The van der Waals surface area contributed by atoms with E-state index < -0.39 is 6.04 Å². The maximum atomic E-state index is 12.0. The Hall–Kier alpha value is -1.14. The third-order valence-electron chi connectivity index (χ3n) is 2.95. The zero-order valence-electron chi connectivity index (χ0n) is 10.9. The molecule has 0 aromatic carbocycles. The molecule has 1 aliphatic heterocycles. The van der Waals surface area contributed by atoms with Crippen molar-refractivity contribution < 1.29 is 14.3 Å². The van der Waals surface area contributed by atoms with Gasteiger partial charge in [0.1, 0.15) is 6.04 Å². The molecule has 0 aromatic rings. The van der Waals surface area contributed by atoms with E-state index in [-0.39, 0.29) is 17.9 Å². The van der Waals surface area contributed by atoms with Gasteiger partial charge in [-0.25, -0.2) is 4.79 Å². The summed E-state index contributed by atoms with van der Waals surface area (Å²) in [5.41, 5.74) is 0. The largest absolute Gasteiger partial charge is 0.467 e. The SMILES string of the molecule is CN[C@@H]1C[C@@H](C(=O)OC)N(C(=O)CN(C)C)C1. The van der Waals surface area contributed by atoms with Crippen LogP contribution < -0.4 is 5.32 Å². The minimum absolute atomic E-state index is 0.0387. The van der Waals surface area contributed by atoms with E-state index in [1.54, 1.807) is 9.80 Å². The van der Waals surface area contributed by atoms with Crippen molar-refractivity contribution in [3.8, 4) is 0 Å². The smallest absolute Gasteiger partial charge is 0.328 e. The van der Waals surface area contributed by atoms with E-state index in [1.165, 1.54) is 7.11 Å². The normalized spacial score (nSPS) is 24.2. The highest BCUT2D eigenvalue weighted by Crippen LogP contribution is 2.19. The lowest BCUT2D eigenvalue weighted by atomic mass is 10.2. The van der Waals surface area contributed by atoms with E-state index in [2.05, 4.69) is 5.32 Å². The summed E-state index contributed by atoms with van der Waals surface area (Å²) in [6.45, 7) is 0.868. The molecule has 0 aromatic heterocycles. The number of likely N-dealkylation sites (tertiary alicyclic amines) is 1. The molecule has 0 spiro atoms. The van der Waals surface area contributed by atoms with Crippen molar-refractivity contribution >= 4 is 11.9 Å². The molecule has 0 saturated carbocycles. The molecule has 0 aliphatic carbocycles. The Labute approximate surface area is 102 Å². The molecule has 1 heterocycles. The molecule has 17 heavy (non-hydrogen) atoms. The van der Waals surface area contributed by atoms with Gasteiger partial charge >= 0.3 is 5.97 Å². The first-order valence-electron chi connectivity index (χ1n) is 5.68. The summed E-state index contributed by atoms with van der Waals surface area (Å²) in [6.07, 6.45) is 0.613. The van der Waals surface area contributed by atoms with E-state index in [1.807, 2.05) is 21.1 Å². The van der Waals surface area contributed by atoms with Crippen molar-refractivity contribution in [3.05, 3.63) is 0 Å². The first-order chi connectivity index (χ1) is 7.99. The van der Waals surface area contributed by atoms with Gasteiger partial charge in [0.25, 0.3) is 0 Å². The Kier molecular flexibility index (Phi) is 4.89. The molecule has 1 amide bonds. The van der Waals surface area contributed by atoms with Crippen LogP contribution in [-0.4, -0.2) is 75.1 Å². The second kappa shape index (κ2) is 5.97. The minimum Gasteiger partial charge on any atom is -0.467 e. The molecular formula is C11H21N3O3. The van der Waals surface area contributed by atoms with Gasteiger partial charge in [-0.05, 0) is 27.6 Å². The van der Waals surface area contributed by atoms with E-state index in [0.717, 1.165) is 0 Å². The molecule has 1 fully saturated rings. The molecular weight excluding hydrogens is 222 g/mol. The Morgan fingerprint density at radius 3 is 2.59 bits per heavy atom. The Morgan fingerprint density at radius 1 is 1.47 bits per heavy atom. The lowest BCUT2D eigenvalue weighted by molar-refractivity contribution is -0.151. The van der Waals surface area contributed by atoms with E-state index in [0.29, 0.717) is 19.5 Å². The second-order valence-electron chi connectivity index (χ2n) is 4.54. The third-order valence-corrected chi connectivity index (χ3v) is 2.95. The first kappa shape index (κ1) is 13.9. The van der Waals surface area contributed by atoms with Crippen LogP contribution in [0.25, 0.3) is 0 Å². The standard InChI is InChI=1S/C11H21N3O3/c1-12-8-5-9(11(16)17-4)14(6-8)10(15)7-13(2)3/h8-9,12H,5-7H2,1-4H3/t8-,9+/m1/s1. The predicted octanol–water partition coefficient (Wildman–Crippen LogP) is -1.09. The third kappa shape index (κ3) is 3.41. The summed E-state index contributed by atoms with van der Waals surface area (Å²) in [7, 11) is 6.84. The number of ether oxygens (including phenoxy) is 1. The summed E-state index contributed by atoms with van der Waals surface area (Å²) in [5.74, 6) is -0.377. The highest BCUT2D eigenvalue weighted by Gasteiger charge is 2.39. The monoisotopic (exact) mass is 243 g/mol. The number of carbonyl (C=O) groups excluding carboxylic acids is 2. The lowest BCUT2D eigenvalue weighted by Crippen LogP contribution is -2.45. The molecule has 1 N–H and O–H groups in total. The second-order valence-corrected chi connectivity index (χ2v) is 4.54. The van der Waals surface area contributed by atoms with Crippen LogP contribution in [0.3, 0.4) is 0 Å². The van der Waals surface area contributed by atoms with Crippen molar-refractivity contribution in [2.75, 3.05) is 41.3 Å². The summed E-state index contributed by atoms with van der Waals surface area (Å²) in [4.78, 5) is 27.0. The molecule has 0 radical (unpaired) electrons. The van der Waals surface area contributed by atoms with Crippen molar-refractivity contribution in [3.63, 3.8) is 0 Å². The quantitative estimate of drug-likeness (QED) is 0.636. The fourth-order valence-electron chi connectivity index (χ4n) is 2.04. The van der Waals surface area contributed by atoms with Crippen LogP contribution in [0.2, 0.25) is 0 Å². The maximum Gasteiger partial charge on any atom is 0.328 e. The number of methoxy groups -OCH3 is 1. The van der Waals surface area contributed by atoms with Gasteiger partial charge in [-0.2, -0.15) is 0 Å². The van der Waals surface area contributed by atoms with Gasteiger partial charge < -0.3 is 19.9 Å². The van der Waals surface area contributed by atoms with Gasteiger partial charge in [-0.1, -0.05) is 0 Å². The van der Waals surface area contributed by atoms with Gasteiger partial charge in [0.15, 0.2) is 0 Å². The molecule has 1 rings (SSSR count). The number of amides is 1. The topological polar surface area (TPSA) is 61.9 Å². The number of hydrogen-bond acceptors (Lipinski definition) is 5. The fraction of sp³-hybridized carbons (Fsp3) is 0.818. The van der Waals surface area contributed by atoms with Crippen LogP contribution in [0.5, 0.6) is 0 Å². The fourth-order valence-corrected chi connectivity index (χ4v) is 2.04. The van der Waals surface area contributed by atoms with Crippen LogP contribution in [0.4, 0.5) is 0 Å². The number of hydrogen-bond donors (Lipinski definition) is 1. The van der Waals surface area contributed by atoms with E-state index in [9.17, 15) is 9.59 Å². The highest BCUT2D eigenvalue weighted by atomic mass is 16.5. The van der Waals surface area contributed by atoms with Gasteiger partial charge in [0.05, 0.1) is 13.7 Å². The summed E-state index contributed by atoms with van der Waals surface area (Å²) < 4.78 is 4.74. The zero-order chi connectivity index (χ0) is 13.0. The predicted molar refractivity (Wildman–Crippen MR) is 63.5 cm³/mol. The van der Waals surface area contributed by atoms with E-state index >= 15 is 0 Å². The van der Waals surface area contributed by atoms with Crippen LogP contribution >= 0.6 is 0 Å². The summed E-state index contributed by atoms with van der Waals surface area (Å²) in [6, 6.07) is -0.296. The number of nitrogens with one attached hydrogen (secondary N) is 1. The molecule has 1 saturated heterocycles. The summed E-state index contributed by atoms with van der Waals surface area (Å²) >= 11 is 0. The Balaban J connectivity index is 2.72. The lowest BCUT2D eigenvalue weighted by Gasteiger charge is -2.24. The van der Waals surface area contributed by atoms with Gasteiger partial charge in [-0.15, -0.1) is 0 Å². The van der Waals surface area contributed by atoms with Crippen molar-refractivity contribution in [1.29, 1.82) is 0 Å². The van der Waals surface area contributed by atoms with Crippen molar-refractivity contribution in [2.45, 2.75) is 18.5 Å². The number of rotatable bonds is 4. The Morgan fingerprint density at radius 2 is 2.12 bits per heavy atom. The maximum absolute atomic E-state index is 12.0. The van der Waals surface area contributed by atoms with E-state index in [4.69, 9.17) is 4.74 Å². The number of nitrogens with zero attached hydrogens (tertiary/aromatic N) is 2. The minimum atomic E-state index is -0.454.